The van der Waals surface area contributed by atoms with Gasteiger partial charge in [0.2, 0.25) is 0 Å². The van der Waals surface area contributed by atoms with Gasteiger partial charge < -0.3 is 17.4 Å². The van der Waals surface area contributed by atoms with E-state index in [-0.39, 0.29) is 20.9 Å². The fourth-order valence-electron chi connectivity index (χ4n) is 0.300. The van der Waals surface area contributed by atoms with Crippen LogP contribution in [0.3, 0.4) is 0 Å². The first kappa shape index (κ1) is 12.4. The van der Waals surface area contributed by atoms with Gasteiger partial charge in [0.25, 0.3) is 0 Å². The standard InChI is InChI=1S/C5H10OS2.Ni/c1-2-3-4-8-5(6)7;/h2-4H2,1H3,(H,6,7);/q;+2/p-1. The van der Waals surface area contributed by atoms with E-state index in [1.165, 1.54) is 11.8 Å². The monoisotopic (exact) mass is 207 g/mol. The number of rotatable bonds is 3. The van der Waals surface area contributed by atoms with E-state index in [0.717, 1.165) is 18.6 Å². The van der Waals surface area contributed by atoms with E-state index in [1.807, 2.05) is 0 Å². The Morgan fingerprint density at radius 1 is 1.67 bits per heavy atom. The summed E-state index contributed by atoms with van der Waals surface area (Å²) >= 11 is 5.55. The Morgan fingerprint density at radius 3 is 2.56 bits per heavy atom. The van der Waals surface area contributed by atoms with Crippen molar-refractivity contribution in [3.8, 4) is 0 Å². The van der Waals surface area contributed by atoms with Crippen LogP contribution in [-0.4, -0.2) is 10.2 Å². The van der Waals surface area contributed by atoms with Crippen LogP contribution in [0.25, 0.3) is 0 Å². The molecule has 0 aliphatic rings. The van der Waals surface area contributed by atoms with E-state index in [1.54, 1.807) is 0 Å². The van der Waals surface area contributed by atoms with Gasteiger partial charge in [-0.3, -0.25) is 0 Å². The van der Waals surface area contributed by atoms with Crippen LogP contribution in [0, 0.1) is 0 Å². The van der Waals surface area contributed by atoms with Gasteiger partial charge in [-0.15, -0.1) is 11.8 Å². The van der Waals surface area contributed by atoms with Crippen LogP contribution >= 0.6 is 11.8 Å². The summed E-state index contributed by atoms with van der Waals surface area (Å²) in [4.78, 5) is 10.1. The Balaban J connectivity index is 0. The molecule has 0 radical (unpaired) electrons. The van der Waals surface area contributed by atoms with Gasteiger partial charge in [-0.2, -0.15) is 0 Å². The zero-order chi connectivity index (χ0) is 6.41. The summed E-state index contributed by atoms with van der Waals surface area (Å²) in [6.07, 6.45) is 2.22. The second-order valence-corrected chi connectivity index (χ2v) is 3.15. The van der Waals surface area contributed by atoms with Crippen molar-refractivity contribution >= 4 is 28.8 Å². The van der Waals surface area contributed by atoms with Gasteiger partial charge in [-0.1, -0.05) is 13.3 Å². The summed E-state index contributed by atoms with van der Waals surface area (Å²) < 4.78 is -0.182. The Hall–Kier alpha value is 0.734. The summed E-state index contributed by atoms with van der Waals surface area (Å²) in [6, 6.07) is 0. The number of carbonyl (C=O) groups excluding carboxylic acids is 1. The molecule has 9 heavy (non-hydrogen) atoms. The second-order valence-electron chi connectivity index (χ2n) is 1.45. The van der Waals surface area contributed by atoms with Gasteiger partial charge >= 0.3 is 16.5 Å². The minimum absolute atomic E-state index is 0. The van der Waals surface area contributed by atoms with Crippen molar-refractivity contribution < 1.29 is 21.3 Å². The molecule has 0 amide bonds. The largest absolute Gasteiger partial charge is 2.00 e. The molecule has 0 aromatic carbocycles. The molecule has 0 rings (SSSR count). The Bertz CT molecular complexity index is 77.4. The first-order valence-corrected chi connectivity index (χ1v) is 4.00. The van der Waals surface area contributed by atoms with Crippen molar-refractivity contribution in [1.29, 1.82) is 0 Å². The van der Waals surface area contributed by atoms with Gasteiger partial charge in [0.1, 0.15) is 0 Å². The third kappa shape index (κ3) is 12.0. The molecule has 0 aromatic rings. The van der Waals surface area contributed by atoms with E-state index in [2.05, 4.69) is 19.6 Å². The van der Waals surface area contributed by atoms with Gasteiger partial charge in [0, 0.05) is 0 Å². The first-order chi connectivity index (χ1) is 3.77. The van der Waals surface area contributed by atoms with Crippen LogP contribution in [-0.2, 0) is 29.1 Å². The molecule has 0 fully saturated rings. The van der Waals surface area contributed by atoms with Gasteiger partial charge in [0.15, 0.2) is 0 Å². The number of carbonyl (C=O) groups is 1. The predicted molar refractivity (Wildman–Crippen MR) is 40.1 cm³/mol. The van der Waals surface area contributed by atoms with Crippen molar-refractivity contribution in [2.45, 2.75) is 19.8 Å². The molecule has 4 heteroatoms. The molecular formula is C5H9NiOS2+. The SMILES string of the molecule is CCCCSC(=O)[S-].[Ni+2]. The maximum absolute atomic E-state index is 10.1. The van der Waals surface area contributed by atoms with Gasteiger partial charge in [0.05, 0.1) is 4.45 Å². The van der Waals surface area contributed by atoms with E-state index in [0.29, 0.717) is 0 Å². The second kappa shape index (κ2) is 8.73. The Morgan fingerprint density at radius 2 is 2.22 bits per heavy atom. The third-order valence-electron chi connectivity index (χ3n) is 0.718. The minimum Gasteiger partial charge on any atom is -0.730 e. The molecule has 0 spiro atoms. The molecule has 56 valence electrons. The van der Waals surface area contributed by atoms with Crippen LogP contribution in [0.2, 0.25) is 0 Å². The molecule has 0 aromatic heterocycles. The van der Waals surface area contributed by atoms with Crippen molar-refractivity contribution in [1.82, 2.24) is 0 Å². The zero-order valence-corrected chi connectivity index (χ0v) is 7.78. The van der Waals surface area contributed by atoms with Crippen LogP contribution in [0.4, 0.5) is 4.79 Å². The first-order valence-electron chi connectivity index (χ1n) is 2.61. The summed E-state index contributed by atoms with van der Waals surface area (Å²) in [5.41, 5.74) is 0. The summed E-state index contributed by atoms with van der Waals surface area (Å²) in [5, 5.41) is 0. The fourth-order valence-corrected chi connectivity index (χ4v) is 1.15. The maximum atomic E-state index is 10.1. The Kier molecular flexibility index (Phi) is 12.0. The molecule has 0 bridgehead atoms. The van der Waals surface area contributed by atoms with Gasteiger partial charge in [-0.05, 0) is 12.2 Å². The van der Waals surface area contributed by atoms with E-state index >= 15 is 0 Å². The summed E-state index contributed by atoms with van der Waals surface area (Å²) in [7, 11) is 0. The Labute approximate surface area is 75.7 Å². The van der Waals surface area contributed by atoms with Crippen molar-refractivity contribution in [3.05, 3.63) is 0 Å². The minimum atomic E-state index is -0.182. The van der Waals surface area contributed by atoms with Crippen LogP contribution in [0.5, 0.6) is 0 Å². The number of unbranched alkanes of at least 4 members (excludes halogenated alkanes) is 1. The molecule has 0 atom stereocenters. The molecule has 0 aliphatic carbocycles. The van der Waals surface area contributed by atoms with Crippen molar-refractivity contribution in [2.24, 2.45) is 0 Å². The number of thioether (sulfide) groups is 1. The molecule has 0 aliphatic heterocycles. The average molecular weight is 208 g/mol. The van der Waals surface area contributed by atoms with E-state index < -0.39 is 0 Å². The van der Waals surface area contributed by atoms with Gasteiger partial charge in [-0.25, -0.2) is 0 Å². The molecule has 0 saturated heterocycles. The normalized spacial score (nSPS) is 8.11. The van der Waals surface area contributed by atoms with Crippen LogP contribution < -0.4 is 0 Å². The third-order valence-corrected chi connectivity index (χ3v) is 1.80. The average Bonchev–Trinajstić information content (AvgIpc) is 1.66. The summed E-state index contributed by atoms with van der Waals surface area (Å²) in [5.74, 6) is 0.888. The quantitative estimate of drug-likeness (QED) is 0.402. The number of hydrogen-bond donors (Lipinski definition) is 0. The summed E-state index contributed by atoms with van der Waals surface area (Å²) in [6.45, 7) is 2.09. The molecule has 0 saturated carbocycles. The maximum Gasteiger partial charge on any atom is 2.00 e. The zero-order valence-electron chi connectivity index (χ0n) is 5.16. The smallest absolute Gasteiger partial charge is 0.730 e. The van der Waals surface area contributed by atoms with E-state index in [9.17, 15) is 4.79 Å². The topological polar surface area (TPSA) is 17.1 Å². The van der Waals surface area contributed by atoms with Crippen molar-refractivity contribution in [3.63, 3.8) is 0 Å². The molecule has 0 heterocycles. The van der Waals surface area contributed by atoms with Crippen LogP contribution in [0.1, 0.15) is 19.8 Å². The molecule has 1 nitrogen and oxygen atoms in total. The molecule has 0 unspecified atom stereocenters. The van der Waals surface area contributed by atoms with E-state index in [4.69, 9.17) is 0 Å². The fraction of sp³-hybridized carbons (Fsp3) is 0.800. The number of hydrogen-bond acceptors (Lipinski definition) is 3. The molecular weight excluding hydrogens is 199 g/mol. The van der Waals surface area contributed by atoms with Crippen LogP contribution in [0.15, 0.2) is 0 Å². The predicted octanol–water partition coefficient (Wildman–Crippen LogP) is 2.18. The van der Waals surface area contributed by atoms with Crippen molar-refractivity contribution in [2.75, 3.05) is 5.75 Å². The molecule has 0 N–H and O–H groups in total.